The van der Waals surface area contributed by atoms with E-state index in [1.807, 2.05) is 49.6 Å². The van der Waals surface area contributed by atoms with E-state index in [-0.39, 0.29) is 19.1 Å². The highest BCUT2D eigenvalue weighted by atomic mass is 32.1. The monoisotopic (exact) mass is 344 g/mol. The largest absolute Gasteiger partial charge is 0.482 e. The molecule has 0 bridgehead atoms. The van der Waals surface area contributed by atoms with Gasteiger partial charge in [-0.1, -0.05) is 28.9 Å². The van der Waals surface area contributed by atoms with Crippen LogP contribution in [0.25, 0.3) is 10.7 Å². The molecule has 0 atom stereocenters. The maximum absolute atomic E-state index is 11.8. The van der Waals surface area contributed by atoms with Crippen LogP contribution in [-0.4, -0.2) is 22.7 Å². The summed E-state index contributed by atoms with van der Waals surface area (Å²) in [6.45, 7) is 3.68. The summed E-state index contributed by atoms with van der Waals surface area (Å²) >= 11 is 1.51. The Bertz CT molecular complexity index is 827. The Morgan fingerprint density at radius 1 is 1.29 bits per heavy atom. The van der Waals surface area contributed by atoms with Crippen LogP contribution < -0.4 is 4.74 Å². The molecule has 2 heterocycles. The van der Waals surface area contributed by atoms with Crippen LogP contribution in [0.5, 0.6) is 5.75 Å². The number of benzene rings is 1. The molecule has 0 unspecified atom stereocenters. The molecular weight excluding hydrogens is 328 g/mol. The highest BCUT2D eigenvalue weighted by Crippen LogP contribution is 2.21. The minimum atomic E-state index is -0.495. The van der Waals surface area contributed by atoms with E-state index in [0.29, 0.717) is 11.6 Å². The van der Waals surface area contributed by atoms with E-state index in [1.165, 1.54) is 11.3 Å². The summed E-state index contributed by atoms with van der Waals surface area (Å²) < 4.78 is 15.6. The number of ether oxygens (including phenoxy) is 2. The van der Waals surface area contributed by atoms with Crippen molar-refractivity contribution in [3.63, 3.8) is 0 Å². The van der Waals surface area contributed by atoms with Crippen LogP contribution in [0, 0.1) is 13.8 Å². The van der Waals surface area contributed by atoms with E-state index in [9.17, 15) is 4.79 Å². The normalized spacial score (nSPS) is 10.6. The number of aromatic nitrogens is 2. The van der Waals surface area contributed by atoms with Gasteiger partial charge in [-0.05, 0) is 36.9 Å². The first kappa shape index (κ1) is 16.2. The minimum absolute atomic E-state index is 0.0759. The van der Waals surface area contributed by atoms with Gasteiger partial charge in [0.15, 0.2) is 13.2 Å². The molecule has 3 rings (SSSR count). The quantitative estimate of drug-likeness (QED) is 0.637. The highest BCUT2D eigenvalue weighted by molar-refractivity contribution is 7.13. The Morgan fingerprint density at radius 2 is 2.17 bits per heavy atom. The number of hydrogen-bond acceptors (Lipinski definition) is 7. The van der Waals surface area contributed by atoms with Crippen LogP contribution in [0.1, 0.15) is 17.0 Å². The predicted molar refractivity (Wildman–Crippen MR) is 88.8 cm³/mol. The van der Waals surface area contributed by atoms with Crippen molar-refractivity contribution in [3.05, 3.63) is 52.7 Å². The number of carbonyl (C=O) groups is 1. The zero-order chi connectivity index (χ0) is 16.9. The first-order valence-corrected chi connectivity index (χ1v) is 8.22. The lowest BCUT2D eigenvalue weighted by Crippen LogP contribution is -2.15. The number of carbonyl (C=O) groups excluding carboxylic acids is 1. The van der Waals surface area contributed by atoms with Crippen LogP contribution in [0.2, 0.25) is 0 Å². The Labute approximate surface area is 143 Å². The summed E-state index contributed by atoms with van der Waals surface area (Å²) in [7, 11) is 0. The predicted octanol–water partition coefficient (Wildman–Crippen LogP) is 3.54. The van der Waals surface area contributed by atoms with Crippen LogP contribution in [-0.2, 0) is 16.1 Å². The number of nitrogens with zero attached hydrogens (tertiary/aromatic N) is 2. The molecule has 0 saturated carbocycles. The SMILES string of the molecule is Cc1ccc(OCC(=O)OCc2nc(-c3cccs3)no2)c(C)c1. The molecule has 0 saturated heterocycles. The van der Waals surface area contributed by atoms with Crippen molar-refractivity contribution >= 4 is 17.3 Å². The van der Waals surface area contributed by atoms with Crippen LogP contribution >= 0.6 is 11.3 Å². The van der Waals surface area contributed by atoms with Gasteiger partial charge < -0.3 is 14.0 Å². The third-order valence-electron chi connectivity index (χ3n) is 3.24. The van der Waals surface area contributed by atoms with Crippen molar-refractivity contribution in [1.29, 1.82) is 0 Å². The molecule has 2 aromatic heterocycles. The van der Waals surface area contributed by atoms with E-state index in [2.05, 4.69) is 10.1 Å². The molecule has 0 amide bonds. The van der Waals surface area contributed by atoms with Crippen LogP contribution in [0.4, 0.5) is 0 Å². The van der Waals surface area contributed by atoms with Gasteiger partial charge in [-0.3, -0.25) is 0 Å². The van der Waals surface area contributed by atoms with Gasteiger partial charge in [0.25, 0.3) is 5.89 Å². The molecule has 0 spiro atoms. The molecule has 6 nitrogen and oxygen atoms in total. The number of rotatable bonds is 6. The summed E-state index contributed by atoms with van der Waals surface area (Å²) in [6, 6.07) is 9.55. The van der Waals surface area contributed by atoms with Gasteiger partial charge in [-0.15, -0.1) is 11.3 Å². The van der Waals surface area contributed by atoms with Crippen molar-refractivity contribution < 1.29 is 18.8 Å². The third-order valence-corrected chi connectivity index (χ3v) is 4.11. The standard InChI is InChI=1S/C17H16N2O4S/c1-11-5-6-13(12(2)8-11)21-10-16(20)22-9-15-18-17(19-23-15)14-4-3-7-24-14/h3-8H,9-10H2,1-2H3. The number of hydrogen-bond donors (Lipinski definition) is 0. The van der Waals surface area contributed by atoms with Gasteiger partial charge in [0.1, 0.15) is 5.75 Å². The van der Waals surface area contributed by atoms with E-state index in [4.69, 9.17) is 14.0 Å². The minimum Gasteiger partial charge on any atom is -0.482 e. The summed E-state index contributed by atoms with van der Waals surface area (Å²) in [5.41, 5.74) is 2.11. The summed E-state index contributed by atoms with van der Waals surface area (Å²) in [5, 5.41) is 5.78. The average molecular weight is 344 g/mol. The van der Waals surface area contributed by atoms with E-state index in [0.717, 1.165) is 16.0 Å². The summed E-state index contributed by atoms with van der Waals surface area (Å²) in [5.74, 6) is 0.905. The molecule has 0 aliphatic carbocycles. The van der Waals surface area contributed by atoms with Crippen molar-refractivity contribution in [1.82, 2.24) is 10.1 Å². The van der Waals surface area contributed by atoms with Crippen molar-refractivity contribution in [2.45, 2.75) is 20.5 Å². The Hall–Kier alpha value is -2.67. The maximum Gasteiger partial charge on any atom is 0.344 e. The molecule has 1 aromatic carbocycles. The second-order valence-corrected chi connectivity index (χ2v) is 6.16. The van der Waals surface area contributed by atoms with Gasteiger partial charge in [-0.2, -0.15) is 4.98 Å². The van der Waals surface area contributed by atoms with Crippen molar-refractivity contribution in [3.8, 4) is 16.5 Å². The Balaban J connectivity index is 1.49. The highest BCUT2D eigenvalue weighted by Gasteiger charge is 2.12. The fraction of sp³-hybridized carbons (Fsp3) is 0.235. The fourth-order valence-corrected chi connectivity index (χ4v) is 2.75. The van der Waals surface area contributed by atoms with E-state index in [1.54, 1.807) is 0 Å². The molecule has 0 aliphatic heterocycles. The molecule has 3 aromatic rings. The van der Waals surface area contributed by atoms with Gasteiger partial charge in [0, 0.05) is 0 Å². The first-order valence-electron chi connectivity index (χ1n) is 7.34. The van der Waals surface area contributed by atoms with Crippen molar-refractivity contribution in [2.75, 3.05) is 6.61 Å². The van der Waals surface area contributed by atoms with Gasteiger partial charge in [-0.25, -0.2) is 4.79 Å². The summed E-state index contributed by atoms with van der Waals surface area (Å²) in [4.78, 5) is 16.8. The zero-order valence-corrected chi connectivity index (χ0v) is 14.1. The van der Waals surface area contributed by atoms with Crippen molar-refractivity contribution in [2.24, 2.45) is 0 Å². The van der Waals surface area contributed by atoms with Crippen LogP contribution in [0.15, 0.2) is 40.2 Å². The zero-order valence-electron chi connectivity index (χ0n) is 13.3. The fourth-order valence-electron chi connectivity index (χ4n) is 2.10. The lowest BCUT2D eigenvalue weighted by atomic mass is 10.1. The van der Waals surface area contributed by atoms with Crippen LogP contribution in [0.3, 0.4) is 0 Å². The lowest BCUT2D eigenvalue weighted by Gasteiger charge is -2.08. The number of thiophene rings is 1. The second-order valence-electron chi connectivity index (χ2n) is 5.21. The average Bonchev–Trinajstić information content (AvgIpc) is 3.23. The number of esters is 1. The van der Waals surface area contributed by atoms with E-state index < -0.39 is 5.97 Å². The Morgan fingerprint density at radius 3 is 2.92 bits per heavy atom. The molecule has 0 N–H and O–H groups in total. The van der Waals surface area contributed by atoms with Gasteiger partial charge in [0.2, 0.25) is 5.82 Å². The molecule has 0 aliphatic rings. The van der Waals surface area contributed by atoms with E-state index >= 15 is 0 Å². The molecular formula is C17H16N2O4S. The van der Waals surface area contributed by atoms with Gasteiger partial charge >= 0.3 is 5.97 Å². The second kappa shape index (κ2) is 7.27. The van der Waals surface area contributed by atoms with Gasteiger partial charge in [0.05, 0.1) is 4.88 Å². The lowest BCUT2D eigenvalue weighted by molar-refractivity contribution is -0.148. The number of aryl methyl sites for hydroxylation is 2. The molecule has 0 fully saturated rings. The molecule has 24 heavy (non-hydrogen) atoms. The molecule has 124 valence electrons. The smallest absolute Gasteiger partial charge is 0.344 e. The Kier molecular flexibility index (Phi) is 4.90. The molecule has 7 heteroatoms. The first-order chi connectivity index (χ1) is 11.6. The summed E-state index contributed by atoms with van der Waals surface area (Å²) in [6.07, 6.45) is 0. The topological polar surface area (TPSA) is 74.5 Å². The molecule has 0 radical (unpaired) electrons. The third kappa shape index (κ3) is 3.99. The maximum atomic E-state index is 11.8.